The summed E-state index contributed by atoms with van der Waals surface area (Å²) in [5.41, 5.74) is 0. The Bertz CT molecular complexity index is 770. The molecule has 0 heterocycles. The van der Waals surface area contributed by atoms with E-state index in [-0.39, 0.29) is 0 Å². The van der Waals surface area contributed by atoms with Crippen LogP contribution in [0.5, 0.6) is 0 Å². The minimum Gasteiger partial charge on any atom is -0.209 e. The molecule has 0 radical (unpaired) electrons. The summed E-state index contributed by atoms with van der Waals surface area (Å²) in [6, 6.07) is 4.15. The first kappa shape index (κ1) is 22.2. The lowest BCUT2D eigenvalue weighted by atomic mass is 10.6. The van der Waals surface area contributed by atoms with E-state index in [9.17, 15) is 25.3 Å². The maximum atomic E-state index is 12.4. The molecule has 0 aliphatic heterocycles. The van der Waals surface area contributed by atoms with Gasteiger partial charge in [-0.3, -0.25) is 0 Å². The van der Waals surface area contributed by atoms with Gasteiger partial charge in [0.15, 0.2) is 0 Å². The molecule has 0 unspecified atom stereocenters. The zero-order valence-electron chi connectivity index (χ0n) is 12.3. The first-order valence-corrected chi connectivity index (χ1v) is 10.5. The van der Waals surface area contributed by atoms with Crippen molar-refractivity contribution in [2.45, 2.75) is 16.8 Å². The van der Waals surface area contributed by atoms with Gasteiger partial charge >= 0.3 is 3.41 Å². The predicted molar refractivity (Wildman–Crippen MR) is 80.6 cm³/mol. The third-order valence-corrected chi connectivity index (χ3v) is 11.5. The summed E-state index contributed by atoms with van der Waals surface area (Å²) in [6.07, 6.45) is -0.977. The van der Waals surface area contributed by atoms with Crippen LogP contribution in [0.4, 0.5) is 0 Å². The van der Waals surface area contributed by atoms with E-state index in [0.29, 0.717) is 0 Å². The third-order valence-electron chi connectivity index (χ3n) is 2.69. The Balaban J connectivity index is 6.67. The number of hydrogen-bond donors (Lipinski definition) is 3. The third kappa shape index (κ3) is 3.99. The fraction of sp³-hybridized carbons (Fsp3) is 0.667. The molecule has 0 bridgehead atoms. The van der Waals surface area contributed by atoms with Crippen LogP contribution in [-0.2, 0) is 30.1 Å². The summed E-state index contributed by atoms with van der Waals surface area (Å²) < 4.78 is 75.6. The molecular formula is C9H14N6O6S3. The van der Waals surface area contributed by atoms with Crippen molar-refractivity contribution in [3.8, 4) is 18.2 Å². The molecule has 0 saturated carbocycles. The highest BCUT2D eigenvalue weighted by Gasteiger charge is 2.64. The Morgan fingerprint density at radius 3 is 1.12 bits per heavy atom. The molecule has 0 saturated heterocycles. The fourth-order valence-electron chi connectivity index (χ4n) is 1.72. The number of nitrogens with one attached hydrogen (secondary N) is 3. The number of nitrogens with zero attached hydrogens (tertiary/aromatic N) is 3. The largest absolute Gasteiger partial charge is 0.312 e. The van der Waals surface area contributed by atoms with Crippen LogP contribution in [-0.4, -0.2) is 48.3 Å². The van der Waals surface area contributed by atoms with Crippen molar-refractivity contribution < 1.29 is 25.3 Å². The van der Waals surface area contributed by atoms with Crippen LogP contribution in [0.15, 0.2) is 0 Å². The first-order chi connectivity index (χ1) is 11.0. The van der Waals surface area contributed by atoms with E-state index in [4.69, 9.17) is 15.8 Å². The number of nitriles is 3. The molecule has 0 aromatic heterocycles. The fourth-order valence-corrected chi connectivity index (χ4v) is 8.81. The monoisotopic (exact) mass is 398 g/mol. The molecule has 3 N–H and O–H groups in total. The van der Waals surface area contributed by atoms with Crippen molar-refractivity contribution in [1.82, 2.24) is 14.2 Å². The second kappa shape index (κ2) is 8.34. The maximum Gasteiger partial charge on any atom is 0.312 e. The van der Waals surface area contributed by atoms with Crippen molar-refractivity contribution >= 4 is 30.1 Å². The van der Waals surface area contributed by atoms with E-state index in [1.165, 1.54) is 18.2 Å². The molecule has 0 rings (SSSR count). The van der Waals surface area contributed by atoms with Gasteiger partial charge in [-0.25, -0.2) is 25.3 Å². The molecule has 24 heavy (non-hydrogen) atoms. The summed E-state index contributed by atoms with van der Waals surface area (Å²) >= 11 is 0. The van der Waals surface area contributed by atoms with Gasteiger partial charge in [-0.05, 0) is 6.42 Å². The van der Waals surface area contributed by atoms with Crippen LogP contribution in [0.2, 0.25) is 0 Å². The van der Waals surface area contributed by atoms with Gasteiger partial charge in [0.1, 0.15) is 0 Å². The summed E-state index contributed by atoms with van der Waals surface area (Å²) in [5, 5.41) is 25.4. The molecule has 0 atom stereocenters. The van der Waals surface area contributed by atoms with E-state index in [0.717, 1.165) is 6.92 Å². The highest BCUT2D eigenvalue weighted by Crippen LogP contribution is 2.33. The summed E-state index contributed by atoms with van der Waals surface area (Å²) in [7, 11) is -15.5. The van der Waals surface area contributed by atoms with Crippen molar-refractivity contribution in [3.63, 3.8) is 0 Å². The van der Waals surface area contributed by atoms with Gasteiger partial charge in [0.25, 0.3) is 30.1 Å². The number of rotatable bonds is 10. The Labute approximate surface area is 140 Å². The van der Waals surface area contributed by atoms with Crippen molar-refractivity contribution in [2.24, 2.45) is 0 Å². The zero-order chi connectivity index (χ0) is 19.1. The lowest BCUT2D eigenvalue weighted by molar-refractivity contribution is 0.531. The van der Waals surface area contributed by atoms with Crippen LogP contribution >= 0.6 is 0 Å². The van der Waals surface area contributed by atoms with Crippen LogP contribution < -0.4 is 14.2 Å². The SMILES string of the molecule is CCC(S(=O)(=O)NCC#N)(S(=O)(=O)NCC#N)S(=O)(=O)NCC#N. The Kier molecular flexibility index (Phi) is 7.72. The standard InChI is InChI=1S/C9H14N6O6S3/c1-2-9(22(16,17)13-6-3-10,23(18,19)14-7-4-11)24(20,21)15-8-5-12/h13-15H,2,6-8H2,1H3. The average Bonchev–Trinajstić information content (AvgIpc) is 2.49. The van der Waals surface area contributed by atoms with Crippen LogP contribution in [0.1, 0.15) is 13.3 Å². The Morgan fingerprint density at radius 1 is 0.708 bits per heavy atom. The van der Waals surface area contributed by atoms with Gasteiger partial charge in [-0.1, -0.05) is 6.92 Å². The molecule has 0 aliphatic rings. The minimum absolute atomic E-state index is 0.883. The smallest absolute Gasteiger partial charge is 0.209 e. The molecule has 0 aromatic rings. The van der Waals surface area contributed by atoms with Crippen LogP contribution in [0.25, 0.3) is 0 Å². The highest BCUT2D eigenvalue weighted by molar-refractivity contribution is 8.24. The number of sulfonamides is 3. The van der Waals surface area contributed by atoms with Crippen molar-refractivity contribution in [2.75, 3.05) is 19.6 Å². The average molecular weight is 398 g/mol. The summed E-state index contributed by atoms with van der Waals surface area (Å²) in [6.45, 7) is -1.67. The van der Waals surface area contributed by atoms with Crippen molar-refractivity contribution in [1.29, 1.82) is 15.8 Å². The molecule has 0 aromatic carbocycles. The number of hydrogen-bond acceptors (Lipinski definition) is 9. The quantitative estimate of drug-likeness (QED) is 0.328. The molecule has 0 aliphatic carbocycles. The summed E-state index contributed by atoms with van der Waals surface area (Å²) in [5.74, 6) is 0. The van der Waals surface area contributed by atoms with Gasteiger partial charge < -0.3 is 0 Å². The lowest BCUT2D eigenvalue weighted by Gasteiger charge is -2.30. The van der Waals surface area contributed by atoms with Crippen molar-refractivity contribution in [3.05, 3.63) is 0 Å². The highest BCUT2D eigenvalue weighted by atomic mass is 32.3. The second-order valence-electron chi connectivity index (χ2n) is 3.98. The molecule has 134 valence electrons. The first-order valence-electron chi connectivity index (χ1n) is 6.08. The molecule has 0 spiro atoms. The molecule has 0 amide bonds. The van der Waals surface area contributed by atoms with E-state index < -0.39 is 59.5 Å². The zero-order valence-corrected chi connectivity index (χ0v) is 14.8. The maximum absolute atomic E-state index is 12.4. The van der Waals surface area contributed by atoms with Crippen LogP contribution in [0.3, 0.4) is 0 Å². The van der Waals surface area contributed by atoms with Gasteiger partial charge in [-0.15, -0.1) is 0 Å². The van der Waals surface area contributed by atoms with E-state index in [2.05, 4.69) is 0 Å². The van der Waals surface area contributed by atoms with E-state index in [1.54, 1.807) is 14.2 Å². The van der Waals surface area contributed by atoms with Gasteiger partial charge in [-0.2, -0.15) is 30.0 Å². The molecule has 12 nitrogen and oxygen atoms in total. The van der Waals surface area contributed by atoms with E-state index >= 15 is 0 Å². The van der Waals surface area contributed by atoms with E-state index in [1.807, 2.05) is 0 Å². The van der Waals surface area contributed by atoms with Gasteiger partial charge in [0.05, 0.1) is 37.8 Å². The van der Waals surface area contributed by atoms with Gasteiger partial charge in [0.2, 0.25) is 0 Å². The Hall–Kier alpha value is -1.80. The van der Waals surface area contributed by atoms with Gasteiger partial charge in [0, 0.05) is 0 Å². The minimum atomic E-state index is -5.16. The topological polar surface area (TPSA) is 210 Å². The molecular weight excluding hydrogens is 384 g/mol. The lowest BCUT2D eigenvalue weighted by Crippen LogP contribution is -2.63. The predicted octanol–water partition coefficient (Wildman–Crippen LogP) is -2.62. The molecule has 15 heteroatoms. The second-order valence-corrected chi connectivity index (χ2v) is 10.7. The normalized spacial score (nSPS) is 12.8. The molecule has 0 fully saturated rings. The van der Waals surface area contributed by atoms with Crippen LogP contribution in [0, 0.1) is 34.0 Å². The Morgan fingerprint density at radius 2 is 0.958 bits per heavy atom. The summed E-state index contributed by atoms with van der Waals surface area (Å²) in [4.78, 5) is 0.